The molecule has 1 N–H and O–H groups in total. The fourth-order valence-corrected chi connectivity index (χ4v) is 4.06. The van der Waals surface area contributed by atoms with E-state index in [0.717, 1.165) is 12.8 Å². The Balaban J connectivity index is 2.54. The van der Waals surface area contributed by atoms with Crippen LogP contribution < -0.4 is 5.32 Å². The first kappa shape index (κ1) is 14.4. The molecule has 0 radical (unpaired) electrons. The molecule has 1 rings (SSSR count). The van der Waals surface area contributed by atoms with Gasteiger partial charge in [-0.1, -0.05) is 6.42 Å². The Morgan fingerprint density at radius 1 is 1.41 bits per heavy atom. The lowest BCUT2D eigenvalue weighted by atomic mass is 9.95. The van der Waals surface area contributed by atoms with E-state index < -0.39 is 15.8 Å². The topological polar surface area (TPSA) is 72.5 Å². The van der Waals surface area contributed by atoms with Crippen LogP contribution in [0.5, 0.6) is 0 Å². The molecule has 2 unspecified atom stereocenters. The van der Waals surface area contributed by atoms with Crippen LogP contribution in [0, 0.1) is 0 Å². The Bertz CT molecular complexity index is 352. The van der Waals surface area contributed by atoms with E-state index in [9.17, 15) is 13.2 Å². The van der Waals surface area contributed by atoms with Crippen molar-refractivity contribution in [2.75, 3.05) is 19.9 Å². The van der Waals surface area contributed by atoms with Crippen molar-refractivity contribution in [2.24, 2.45) is 0 Å². The summed E-state index contributed by atoms with van der Waals surface area (Å²) in [7, 11) is -0.0466. The number of hydrogen-bond acceptors (Lipinski definition) is 5. The maximum atomic E-state index is 12.0. The molecule has 5 nitrogen and oxygen atoms in total. The maximum absolute atomic E-state index is 12.0. The highest BCUT2D eigenvalue weighted by Gasteiger charge is 2.31. The average Bonchev–Trinajstić information content (AvgIpc) is 2.36. The average molecular weight is 263 g/mol. The summed E-state index contributed by atoms with van der Waals surface area (Å²) in [5, 5.41) is 2.82. The molecule has 100 valence electrons. The van der Waals surface area contributed by atoms with Gasteiger partial charge in [0.1, 0.15) is 0 Å². The van der Waals surface area contributed by atoms with Crippen molar-refractivity contribution in [3.8, 4) is 0 Å². The summed E-state index contributed by atoms with van der Waals surface area (Å²) < 4.78 is 28.5. The predicted octanol–water partition coefficient (Wildman–Crippen LogP) is 0.495. The zero-order chi connectivity index (χ0) is 12.9. The van der Waals surface area contributed by atoms with Gasteiger partial charge in [0.05, 0.1) is 24.5 Å². The van der Waals surface area contributed by atoms with E-state index in [1.165, 1.54) is 7.11 Å². The second-order valence-electron chi connectivity index (χ2n) is 4.47. The lowest BCUT2D eigenvalue weighted by molar-refractivity contribution is -0.140. The van der Waals surface area contributed by atoms with E-state index in [1.807, 2.05) is 7.05 Å². The minimum Gasteiger partial charge on any atom is -0.469 e. The lowest BCUT2D eigenvalue weighted by Gasteiger charge is -2.28. The first-order valence-corrected chi connectivity index (χ1v) is 7.66. The Morgan fingerprint density at radius 2 is 2.12 bits per heavy atom. The normalized spacial score (nSPS) is 25.5. The first-order chi connectivity index (χ1) is 7.99. The number of sulfone groups is 1. The highest BCUT2D eigenvalue weighted by molar-refractivity contribution is 7.92. The zero-order valence-corrected chi connectivity index (χ0v) is 11.3. The van der Waals surface area contributed by atoms with E-state index >= 15 is 0 Å². The molecule has 0 amide bonds. The predicted molar refractivity (Wildman–Crippen MR) is 65.5 cm³/mol. The molecule has 0 heterocycles. The third-order valence-corrected chi connectivity index (χ3v) is 5.58. The Kier molecular flexibility index (Phi) is 5.39. The highest BCUT2D eigenvalue weighted by Crippen LogP contribution is 2.25. The summed E-state index contributed by atoms with van der Waals surface area (Å²) in [5.74, 6) is -0.560. The van der Waals surface area contributed by atoms with Crippen LogP contribution in [0.3, 0.4) is 0 Å². The quantitative estimate of drug-likeness (QED) is 0.731. The van der Waals surface area contributed by atoms with Crippen LogP contribution in [0.4, 0.5) is 0 Å². The van der Waals surface area contributed by atoms with Gasteiger partial charge in [-0.05, 0) is 26.3 Å². The summed E-state index contributed by atoms with van der Waals surface area (Å²) in [4.78, 5) is 11.0. The second-order valence-corrected chi connectivity index (χ2v) is 6.87. The molecule has 0 aromatic rings. The third-order valence-electron chi connectivity index (χ3n) is 3.36. The molecular formula is C11H21NO4S. The van der Waals surface area contributed by atoms with Crippen LogP contribution in [-0.2, 0) is 19.4 Å². The van der Waals surface area contributed by atoms with Gasteiger partial charge in [-0.3, -0.25) is 4.79 Å². The van der Waals surface area contributed by atoms with Crippen molar-refractivity contribution >= 4 is 15.8 Å². The summed E-state index contributed by atoms with van der Waals surface area (Å²) in [6.45, 7) is 0. The molecule has 6 heteroatoms. The molecule has 0 saturated heterocycles. The molecule has 17 heavy (non-hydrogen) atoms. The molecule has 2 atom stereocenters. The van der Waals surface area contributed by atoms with Crippen molar-refractivity contribution in [3.63, 3.8) is 0 Å². The molecule has 0 aromatic heterocycles. The molecule has 0 aliphatic heterocycles. The van der Waals surface area contributed by atoms with Crippen LogP contribution in [0.25, 0.3) is 0 Å². The number of esters is 1. The Morgan fingerprint density at radius 3 is 2.71 bits per heavy atom. The molecule has 1 saturated carbocycles. The maximum Gasteiger partial charge on any atom is 0.306 e. The van der Waals surface area contributed by atoms with Crippen molar-refractivity contribution in [3.05, 3.63) is 0 Å². The van der Waals surface area contributed by atoms with E-state index in [2.05, 4.69) is 10.1 Å². The van der Waals surface area contributed by atoms with Gasteiger partial charge in [0.2, 0.25) is 0 Å². The first-order valence-electron chi connectivity index (χ1n) is 5.95. The summed E-state index contributed by atoms with van der Waals surface area (Å²) in [6, 6.07) is 0.279. The number of hydrogen-bond donors (Lipinski definition) is 1. The molecule has 1 aliphatic rings. The Labute approximate surface area is 103 Å². The van der Waals surface area contributed by atoms with Crippen LogP contribution in [0.2, 0.25) is 0 Å². The van der Waals surface area contributed by atoms with Crippen molar-refractivity contribution in [2.45, 2.75) is 43.4 Å². The standard InChI is InChI=1S/C11H21NO4S/c1-12-9-4-3-5-10(8-9)17(14,15)7-6-11(13)16-2/h9-10,12H,3-8H2,1-2H3. The number of carbonyl (C=O) groups excluding carboxylic acids is 1. The summed E-state index contributed by atoms with van der Waals surface area (Å²) in [6.07, 6.45) is 3.27. The van der Waals surface area contributed by atoms with Crippen molar-refractivity contribution < 1.29 is 17.9 Å². The monoisotopic (exact) mass is 263 g/mol. The minimum absolute atomic E-state index is 0.0421. The van der Waals surface area contributed by atoms with Crippen LogP contribution in [0.1, 0.15) is 32.1 Å². The number of methoxy groups -OCH3 is 1. The molecule has 0 bridgehead atoms. The van der Waals surface area contributed by atoms with Crippen LogP contribution in [0.15, 0.2) is 0 Å². The van der Waals surface area contributed by atoms with Crippen molar-refractivity contribution in [1.82, 2.24) is 5.32 Å². The highest BCUT2D eigenvalue weighted by atomic mass is 32.2. The fourth-order valence-electron chi connectivity index (χ4n) is 2.23. The van der Waals surface area contributed by atoms with Gasteiger partial charge in [0, 0.05) is 6.04 Å². The largest absolute Gasteiger partial charge is 0.469 e. The lowest BCUT2D eigenvalue weighted by Crippen LogP contribution is -2.38. The number of carbonyl (C=O) groups is 1. The summed E-state index contributed by atoms with van der Waals surface area (Å²) in [5.41, 5.74) is 0. The second kappa shape index (κ2) is 6.35. The molecule has 1 aliphatic carbocycles. The third kappa shape index (κ3) is 4.27. The van der Waals surface area contributed by atoms with E-state index in [4.69, 9.17) is 0 Å². The van der Waals surface area contributed by atoms with E-state index in [-0.39, 0.29) is 23.5 Å². The molecule has 1 fully saturated rings. The molecule has 0 spiro atoms. The van der Waals surface area contributed by atoms with Crippen LogP contribution in [-0.4, -0.2) is 45.6 Å². The number of ether oxygens (including phenoxy) is 1. The van der Waals surface area contributed by atoms with Gasteiger partial charge in [-0.15, -0.1) is 0 Å². The number of rotatable bonds is 5. The van der Waals surface area contributed by atoms with Gasteiger partial charge in [-0.25, -0.2) is 8.42 Å². The zero-order valence-electron chi connectivity index (χ0n) is 10.4. The smallest absolute Gasteiger partial charge is 0.306 e. The van der Waals surface area contributed by atoms with Gasteiger partial charge in [-0.2, -0.15) is 0 Å². The van der Waals surface area contributed by atoms with Gasteiger partial charge >= 0.3 is 5.97 Å². The van der Waals surface area contributed by atoms with Crippen LogP contribution >= 0.6 is 0 Å². The fraction of sp³-hybridized carbons (Fsp3) is 0.909. The summed E-state index contributed by atoms with van der Waals surface area (Å²) >= 11 is 0. The van der Waals surface area contributed by atoms with Gasteiger partial charge in [0.15, 0.2) is 9.84 Å². The van der Waals surface area contributed by atoms with Gasteiger partial charge < -0.3 is 10.1 Å². The minimum atomic E-state index is -3.17. The SMILES string of the molecule is CNC1CCCC(S(=O)(=O)CCC(=O)OC)C1. The number of nitrogens with one attached hydrogen (secondary N) is 1. The Hall–Kier alpha value is -0.620. The van der Waals surface area contributed by atoms with Gasteiger partial charge in [0.25, 0.3) is 0 Å². The molecule has 0 aromatic carbocycles. The van der Waals surface area contributed by atoms with Crippen molar-refractivity contribution in [1.29, 1.82) is 0 Å². The molecular weight excluding hydrogens is 242 g/mol. The van der Waals surface area contributed by atoms with E-state index in [1.54, 1.807) is 0 Å². The van der Waals surface area contributed by atoms with E-state index in [0.29, 0.717) is 12.8 Å².